The van der Waals surface area contributed by atoms with E-state index in [0.717, 1.165) is 5.56 Å². The maximum absolute atomic E-state index is 12.5. The third-order valence-electron chi connectivity index (χ3n) is 4.49. The number of amides is 1. The number of ketones is 1. The fourth-order valence-electron chi connectivity index (χ4n) is 2.75. The Morgan fingerprint density at radius 3 is 2.33 bits per heavy atom. The number of carbonyl (C=O) groups is 3. The van der Waals surface area contributed by atoms with E-state index < -0.39 is 18.0 Å². The molecule has 3 rings (SSSR count). The Kier molecular flexibility index (Phi) is 6.32. The van der Waals surface area contributed by atoms with Gasteiger partial charge in [-0.25, -0.2) is 4.79 Å². The van der Waals surface area contributed by atoms with Crippen LogP contribution in [0.5, 0.6) is 5.75 Å². The van der Waals surface area contributed by atoms with Gasteiger partial charge in [0.25, 0.3) is 5.91 Å². The molecule has 1 aromatic heterocycles. The number of carbonyl (C=O) groups excluding carboxylic acids is 3. The van der Waals surface area contributed by atoms with Gasteiger partial charge in [-0.3, -0.25) is 9.59 Å². The molecular formula is C23H21NO6. The van der Waals surface area contributed by atoms with Crippen molar-refractivity contribution in [2.24, 2.45) is 0 Å². The first-order valence-corrected chi connectivity index (χ1v) is 9.24. The van der Waals surface area contributed by atoms with Crippen LogP contribution in [0.2, 0.25) is 0 Å². The lowest BCUT2D eigenvalue weighted by Crippen LogP contribution is -2.24. The van der Waals surface area contributed by atoms with Crippen LogP contribution in [-0.2, 0) is 4.74 Å². The van der Waals surface area contributed by atoms with Crippen LogP contribution in [0.25, 0.3) is 0 Å². The van der Waals surface area contributed by atoms with Gasteiger partial charge in [0.1, 0.15) is 5.75 Å². The number of Topliss-reactive ketones (excluding diaryl/α,β-unsaturated/α-hetero) is 1. The van der Waals surface area contributed by atoms with Crippen LogP contribution in [0.4, 0.5) is 5.69 Å². The average Bonchev–Trinajstić information content (AvgIpc) is 3.29. The monoisotopic (exact) mass is 407 g/mol. The zero-order valence-corrected chi connectivity index (χ0v) is 16.8. The molecule has 2 aromatic carbocycles. The van der Waals surface area contributed by atoms with Gasteiger partial charge in [0.2, 0.25) is 5.78 Å². The summed E-state index contributed by atoms with van der Waals surface area (Å²) in [6.07, 6.45) is 0.421. The first kappa shape index (κ1) is 20.9. The van der Waals surface area contributed by atoms with Crippen molar-refractivity contribution in [2.45, 2.75) is 20.0 Å². The zero-order chi connectivity index (χ0) is 21.7. The number of rotatable bonds is 7. The Labute approximate surface area is 173 Å². The number of furan rings is 1. The molecule has 30 heavy (non-hydrogen) atoms. The number of hydrogen-bond acceptors (Lipinski definition) is 6. The van der Waals surface area contributed by atoms with E-state index in [1.54, 1.807) is 49.4 Å². The van der Waals surface area contributed by atoms with E-state index in [1.807, 2.05) is 0 Å². The van der Waals surface area contributed by atoms with Crippen molar-refractivity contribution < 1.29 is 28.3 Å². The van der Waals surface area contributed by atoms with Gasteiger partial charge in [0.05, 0.1) is 18.9 Å². The molecule has 0 spiro atoms. The average molecular weight is 407 g/mol. The van der Waals surface area contributed by atoms with Crippen molar-refractivity contribution in [1.29, 1.82) is 0 Å². The number of anilines is 1. The summed E-state index contributed by atoms with van der Waals surface area (Å²) in [6.45, 7) is 3.31. The maximum Gasteiger partial charge on any atom is 0.338 e. The molecule has 0 aliphatic carbocycles. The molecule has 7 nitrogen and oxygen atoms in total. The van der Waals surface area contributed by atoms with Crippen molar-refractivity contribution in [1.82, 2.24) is 0 Å². The lowest BCUT2D eigenvalue weighted by Gasteiger charge is -2.14. The summed E-state index contributed by atoms with van der Waals surface area (Å²) in [5.74, 6) is -0.653. The van der Waals surface area contributed by atoms with E-state index >= 15 is 0 Å². The van der Waals surface area contributed by atoms with Crippen molar-refractivity contribution in [2.75, 3.05) is 12.4 Å². The van der Waals surface area contributed by atoms with Gasteiger partial charge in [-0.05, 0) is 67.9 Å². The molecule has 1 heterocycles. The van der Waals surface area contributed by atoms with Crippen molar-refractivity contribution >= 4 is 23.3 Å². The standard InChI is InChI=1S/C23H21NO6/c1-14-6-7-17(13-19(14)24-22(26)20-5-4-12-29-20)23(27)30-15(2)21(25)16-8-10-18(28-3)11-9-16/h4-13,15H,1-3H3,(H,24,26)/t15-/m1/s1. The highest BCUT2D eigenvalue weighted by atomic mass is 16.5. The quantitative estimate of drug-likeness (QED) is 0.464. The molecule has 0 fully saturated rings. The zero-order valence-electron chi connectivity index (χ0n) is 16.8. The van der Waals surface area contributed by atoms with E-state index in [1.165, 1.54) is 32.4 Å². The number of methoxy groups -OCH3 is 1. The largest absolute Gasteiger partial charge is 0.497 e. The lowest BCUT2D eigenvalue weighted by atomic mass is 10.1. The first-order valence-electron chi connectivity index (χ1n) is 9.24. The topological polar surface area (TPSA) is 94.8 Å². The van der Waals surface area contributed by atoms with E-state index in [4.69, 9.17) is 13.9 Å². The van der Waals surface area contributed by atoms with E-state index in [9.17, 15) is 14.4 Å². The van der Waals surface area contributed by atoms with Crippen LogP contribution in [0, 0.1) is 6.92 Å². The second-order valence-electron chi connectivity index (χ2n) is 6.60. The minimum Gasteiger partial charge on any atom is -0.497 e. The van der Waals surface area contributed by atoms with Gasteiger partial charge >= 0.3 is 5.97 Å². The molecule has 0 unspecified atom stereocenters. The summed E-state index contributed by atoms with van der Waals surface area (Å²) in [5, 5.41) is 2.70. The Morgan fingerprint density at radius 2 is 1.70 bits per heavy atom. The molecule has 154 valence electrons. The van der Waals surface area contributed by atoms with E-state index in [2.05, 4.69) is 5.32 Å². The molecule has 0 radical (unpaired) electrons. The summed E-state index contributed by atoms with van der Waals surface area (Å²) in [4.78, 5) is 37.3. The SMILES string of the molecule is COc1ccc(C(=O)[C@@H](C)OC(=O)c2ccc(C)c(NC(=O)c3ccco3)c2)cc1. The van der Waals surface area contributed by atoms with Crippen LogP contribution < -0.4 is 10.1 Å². The van der Waals surface area contributed by atoms with Crippen molar-refractivity contribution in [3.8, 4) is 5.75 Å². The minimum absolute atomic E-state index is 0.154. The number of nitrogens with one attached hydrogen (secondary N) is 1. The minimum atomic E-state index is -0.978. The van der Waals surface area contributed by atoms with E-state index in [0.29, 0.717) is 17.0 Å². The van der Waals surface area contributed by atoms with Crippen molar-refractivity contribution in [3.63, 3.8) is 0 Å². The second kappa shape index (κ2) is 9.09. The van der Waals surface area contributed by atoms with Crippen LogP contribution in [-0.4, -0.2) is 30.9 Å². The summed E-state index contributed by atoms with van der Waals surface area (Å²) in [5.41, 5.74) is 1.82. The van der Waals surface area contributed by atoms with Crippen molar-refractivity contribution in [3.05, 3.63) is 83.3 Å². The molecule has 0 aliphatic rings. The van der Waals surface area contributed by atoms with Gasteiger partial charge in [-0.15, -0.1) is 0 Å². The summed E-state index contributed by atoms with van der Waals surface area (Å²) >= 11 is 0. The number of ether oxygens (including phenoxy) is 2. The molecule has 0 saturated heterocycles. The molecule has 7 heteroatoms. The predicted molar refractivity (Wildman–Crippen MR) is 110 cm³/mol. The Balaban J connectivity index is 1.69. The molecular weight excluding hydrogens is 386 g/mol. The third-order valence-corrected chi connectivity index (χ3v) is 4.49. The lowest BCUT2D eigenvalue weighted by molar-refractivity contribution is 0.0319. The highest BCUT2D eigenvalue weighted by Crippen LogP contribution is 2.20. The maximum atomic E-state index is 12.5. The normalized spacial score (nSPS) is 11.4. The van der Waals surface area contributed by atoms with Crippen LogP contribution in [0.15, 0.2) is 65.3 Å². The van der Waals surface area contributed by atoms with Crippen LogP contribution >= 0.6 is 0 Å². The number of esters is 1. The smallest absolute Gasteiger partial charge is 0.338 e. The molecule has 1 amide bonds. The Hall–Kier alpha value is -3.87. The molecule has 1 N–H and O–H groups in total. The Morgan fingerprint density at radius 1 is 1.00 bits per heavy atom. The van der Waals surface area contributed by atoms with Crippen LogP contribution in [0.3, 0.4) is 0 Å². The first-order chi connectivity index (χ1) is 14.4. The fourth-order valence-corrected chi connectivity index (χ4v) is 2.75. The van der Waals surface area contributed by atoms with Gasteiger partial charge in [0.15, 0.2) is 11.9 Å². The molecule has 0 bridgehead atoms. The summed E-state index contributed by atoms with van der Waals surface area (Å²) in [6, 6.07) is 14.5. The van der Waals surface area contributed by atoms with E-state index in [-0.39, 0.29) is 17.1 Å². The second-order valence-corrected chi connectivity index (χ2v) is 6.60. The molecule has 1 atom stereocenters. The van der Waals surface area contributed by atoms with Gasteiger partial charge in [0, 0.05) is 11.3 Å². The van der Waals surface area contributed by atoms with Gasteiger partial charge < -0.3 is 19.2 Å². The Bertz CT molecular complexity index is 1050. The number of hydrogen-bond donors (Lipinski definition) is 1. The predicted octanol–water partition coefficient (Wildman–Crippen LogP) is 4.28. The molecule has 0 aliphatic heterocycles. The highest BCUT2D eigenvalue weighted by molar-refractivity contribution is 6.04. The van der Waals surface area contributed by atoms with Gasteiger partial charge in [-0.1, -0.05) is 6.07 Å². The fraction of sp³-hybridized carbons (Fsp3) is 0.174. The molecule has 0 saturated carbocycles. The number of benzene rings is 2. The molecule has 3 aromatic rings. The third kappa shape index (κ3) is 4.75. The van der Waals surface area contributed by atoms with Gasteiger partial charge in [-0.2, -0.15) is 0 Å². The highest BCUT2D eigenvalue weighted by Gasteiger charge is 2.21. The summed E-state index contributed by atoms with van der Waals surface area (Å²) < 4.78 is 15.5. The van der Waals surface area contributed by atoms with Crippen LogP contribution in [0.1, 0.15) is 43.8 Å². The number of aryl methyl sites for hydroxylation is 1. The summed E-state index contributed by atoms with van der Waals surface area (Å²) in [7, 11) is 1.54.